The maximum Gasteiger partial charge on any atom is 0.335 e. The molecule has 0 aliphatic carbocycles. The fourth-order valence-electron chi connectivity index (χ4n) is 2.42. The summed E-state index contributed by atoms with van der Waals surface area (Å²) >= 11 is 0. The van der Waals surface area contributed by atoms with Crippen LogP contribution in [-0.4, -0.2) is 11.1 Å². The average molecular weight is 266 g/mol. The van der Waals surface area contributed by atoms with Crippen LogP contribution in [-0.2, 0) is 0 Å². The lowest BCUT2D eigenvalue weighted by atomic mass is 9.96. The molecular weight excluding hydrogens is 248 g/mol. The largest absolute Gasteiger partial charge is 0.478 e. The number of fused-ring (bicyclic) bond motifs is 3. The second kappa shape index (κ2) is 5.74. The third kappa shape index (κ3) is 2.37. The van der Waals surface area contributed by atoms with E-state index in [4.69, 9.17) is 5.11 Å². The molecule has 0 heterocycles. The number of benzene rings is 3. The van der Waals surface area contributed by atoms with Crippen LogP contribution in [0.3, 0.4) is 0 Å². The van der Waals surface area contributed by atoms with E-state index in [1.807, 2.05) is 38.1 Å². The summed E-state index contributed by atoms with van der Waals surface area (Å²) in [5.41, 5.74) is 1.54. The molecule has 0 unspecified atom stereocenters. The molecule has 0 bridgehead atoms. The summed E-state index contributed by atoms with van der Waals surface area (Å²) in [5, 5.41) is 13.4. The first-order valence-electron chi connectivity index (χ1n) is 6.82. The van der Waals surface area contributed by atoms with Gasteiger partial charge in [0.2, 0.25) is 0 Å². The van der Waals surface area contributed by atoms with Gasteiger partial charge in [-0.1, -0.05) is 50.2 Å². The topological polar surface area (TPSA) is 37.3 Å². The van der Waals surface area contributed by atoms with Gasteiger partial charge in [0.1, 0.15) is 0 Å². The van der Waals surface area contributed by atoms with E-state index in [0.717, 1.165) is 16.2 Å². The minimum Gasteiger partial charge on any atom is -0.478 e. The van der Waals surface area contributed by atoms with E-state index in [9.17, 15) is 4.79 Å². The zero-order valence-corrected chi connectivity index (χ0v) is 12.0. The molecule has 0 saturated heterocycles. The molecule has 3 aromatic rings. The molecule has 2 heteroatoms. The van der Waals surface area contributed by atoms with E-state index < -0.39 is 5.97 Å². The molecule has 0 radical (unpaired) electrons. The van der Waals surface area contributed by atoms with Crippen molar-refractivity contribution in [3.63, 3.8) is 0 Å². The van der Waals surface area contributed by atoms with Crippen molar-refractivity contribution in [1.82, 2.24) is 0 Å². The van der Waals surface area contributed by atoms with Crippen molar-refractivity contribution in [3.05, 3.63) is 59.7 Å². The Kier molecular flexibility index (Phi) is 4.04. The number of aromatic carboxylic acids is 1. The Morgan fingerprint density at radius 1 is 0.900 bits per heavy atom. The van der Waals surface area contributed by atoms with Gasteiger partial charge in [-0.3, -0.25) is 0 Å². The van der Waals surface area contributed by atoms with Crippen LogP contribution in [0.4, 0.5) is 0 Å². The van der Waals surface area contributed by atoms with E-state index in [0.29, 0.717) is 5.56 Å². The van der Waals surface area contributed by atoms with Gasteiger partial charge in [-0.25, -0.2) is 4.79 Å². The lowest BCUT2D eigenvalue weighted by Crippen LogP contribution is -1.95. The lowest BCUT2D eigenvalue weighted by molar-refractivity contribution is 0.0697. The normalized spacial score (nSPS) is 10.2. The quantitative estimate of drug-likeness (QED) is 0.627. The Bertz CT molecular complexity index is 773. The molecule has 3 rings (SSSR count). The van der Waals surface area contributed by atoms with Crippen LogP contribution in [0, 0.1) is 6.92 Å². The maximum absolute atomic E-state index is 11.0. The van der Waals surface area contributed by atoms with E-state index in [-0.39, 0.29) is 0 Å². The van der Waals surface area contributed by atoms with Crippen molar-refractivity contribution in [1.29, 1.82) is 0 Å². The van der Waals surface area contributed by atoms with Gasteiger partial charge in [0.25, 0.3) is 0 Å². The average Bonchev–Trinajstić information content (AvgIpc) is 2.49. The minimum absolute atomic E-state index is 0.330. The van der Waals surface area contributed by atoms with E-state index in [2.05, 4.69) is 19.1 Å². The predicted octanol–water partition coefficient (Wildman–Crippen LogP) is 5.03. The minimum atomic E-state index is -0.887. The Labute approximate surface area is 118 Å². The van der Waals surface area contributed by atoms with E-state index in [1.165, 1.54) is 10.9 Å². The summed E-state index contributed by atoms with van der Waals surface area (Å²) in [6.07, 6.45) is 0. The van der Waals surface area contributed by atoms with Crippen LogP contribution in [0.5, 0.6) is 0 Å². The third-order valence-electron chi connectivity index (χ3n) is 3.31. The SMILES string of the molecule is CC.Cc1cc2ccc(C(=O)O)cc2c2ccccc12. The summed E-state index contributed by atoms with van der Waals surface area (Å²) in [6.45, 7) is 6.08. The molecular formula is C18H18O2. The standard InChI is InChI=1S/C16H12O2.C2H6/c1-10-8-11-6-7-12(16(17)18)9-15(11)14-5-3-2-4-13(10)14;1-2/h2-9H,1H3,(H,17,18);1-2H3. The summed E-state index contributed by atoms with van der Waals surface area (Å²) in [5.74, 6) is -0.887. The highest BCUT2D eigenvalue weighted by Crippen LogP contribution is 2.29. The second-order valence-electron chi connectivity index (χ2n) is 4.48. The fourth-order valence-corrected chi connectivity index (χ4v) is 2.42. The van der Waals surface area contributed by atoms with Gasteiger partial charge in [0.05, 0.1) is 5.56 Å². The van der Waals surface area contributed by atoms with Crippen molar-refractivity contribution in [2.75, 3.05) is 0 Å². The molecule has 0 aliphatic heterocycles. The first kappa shape index (κ1) is 14.1. The number of carboxylic acids is 1. The molecule has 0 spiro atoms. The Balaban J connectivity index is 0.000000704. The van der Waals surface area contributed by atoms with Crippen LogP contribution in [0.15, 0.2) is 48.5 Å². The van der Waals surface area contributed by atoms with E-state index in [1.54, 1.807) is 12.1 Å². The molecule has 20 heavy (non-hydrogen) atoms. The van der Waals surface area contributed by atoms with Crippen LogP contribution >= 0.6 is 0 Å². The first-order chi connectivity index (χ1) is 9.66. The first-order valence-corrected chi connectivity index (χ1v) is 6.82. The summed E-state index contributed by atoms with van der Waals surface area (Å²) in [4.78, 5) is 11.0. The highest BCUT2D eigenvalue weighted by molar-refractivity contribution is 6.10. The van der Waals surface area contributed by atoms with Gasteiger partial charge < -0.3 is 5.11 Å². The molecule has 0 fully saturated rings. The van der Waals surface area contributed by atoms with Crippen LogP contribution in [0.1, 0.15) is 29.8 Å². The summed E-state index contributed by atoms with van der Waals surface area (Å²) in [6, 6.07) is 15.5. The number of carbonyl (C=O) groups is 1. The van der Waals surface area contributed by atoms with Gasteiger partial charge in [-0.2, -0.15) is 0 Å². The summed E-state index contributed by atoms with van der Waals surface area (Å²) in [7, 11) is 0. The monoisotopic (exact) mass is 266 g/mol. The van der Waals surface area contributed by atoms with Crippen molar-refractivity contribution < 1.29 is 9.90 Å². The number of aryl methyl sites for hydroxylation is 1. The lowest BCUT2D eigenvalue weighted by Gasteiger charge is -2.08. The molecule has 0 aromatic heterocycles. The number of hydrogen-bond acceptors (Lipinski definition) is 1. The molecule has 0 saturated carbocycles. The smallest absolute Gasteiger partial charge is 0.335 e. The van der Waals surface area contributed by atoms with Crippen LogP contribution < -0.4 is 0 Å². The fraction of sp³-hybridized carbons (Fsp3) is 0.167. The van der Waals surface area contributed by atoms with E-state index >= 15 is 0 Å². The molecule has 3 aromatic carbocycles. The number of rotatable bonds is 1. The zero-order chi connectivity index (χ0) is 14.7. The van der Waals surface area contributed by atoms with Crippen molar-refractivity contribution in [2.24, 2.45) is 0 Å². The van der Waals surface area contributed by atoms with Gasteiger partial charge >= 0.3 is 5.97 Å². The second-order valence-corrected chi connectivity index (χ2v) is 4.48. The van der Waals surface area contributed by atoms with Crippen molar-refractivity contribution in [2.45, 2.75) is 20.8 Å². The Morgan fingerprint density at radius 2 is 1.55 bits per heavy atom. The molecule has 0 aliphatic rings. The van der Waals surface area contributed by atoms with Crippen molar-refractivity contribution >= 4 is 27.5 Å². The molecule has 102 valence electrons. The van der Waals surface area contributed by atoms with Gasteiger partial charge in [-0.05, 0) is 46.2 Å². The van der Waals surface area contributed by atoms with Gasteiger partial charge in [0.15, 0.2) is 0 Å². The zero-order valence-electron chi connectivity index (χ0n) is 12.0. The highest BCUT2D eigenvalue weighted by atomic mass is 16.4. The van der Waals surface area contributed by atoms with Crippen LogP contribution in [0.25, 0.3) is 21.5 Å². The van der Waals surface area contributed by atoms with Crippen molar-refractivity contribution in [3.8, 4) is 0 Å². The summed E-state index contributed by atoms with van der Waals surface area (Å²) < 4.78 is 0. The van der Waals surface area contributed by atoms with Crippen LogP contribution in [0.2, 0.25) is 0 Å². The molecule has 0 atom stereocenters. The third-order valence-corrected chi connectivity index (χ3v) is 3.31. The van der Waals surface area contributed by atoms with Gasteiger partial charge in [-0.15, -0.1) is 0 Å². The molecule has 2 nitrogen and oxygen atoms in total. The number of hydrogen-bond donors (Lipinski definition) is 1. The predicted molar refractivity (Wildman–Crippen MR) is 84.5 cm³/mol. The Hall–Kier alpha value is -2.35. The highest BCUT2D eigenvalue weighted by Gasteiger charge is 2.07. The molecule has 0 amide bonds. The maximum atomic E-state index is 11.0. The molecule has 1 N–H and O–H groups in total. The number of carboxylic acid groups (broad SMARTS) is 1. The Morgan fingerprint density at radius 3 is 2.20 bits per heavy atom. The van der Waals surface area contributed by atoms with Gasteiger partial charge in [0, 0.05) is 0 Å².